The lowest BCUT2D eigenvalue weighted by molar-refractivity contribution is -0.137. The Morgan fingerprint density at radius 2 is 1.89 bits per heavy atom. The zero-order valence-electron chi connectivity index (χ0n) is 14.2. The molecule has 1 aliphatic carbocycles. The van der Waals surface area contributed by atoms with Crippen molar-refractivity contribution in [2.45, 2.75) is 43.8 Å². The highest BCUT2D eigenvalue weighted by Gasteiger charge is 2.51. The van der Waals surface area contributed by atoms with Crippen molar-refractivity contribution in [3.8, 4) is 0 Å². The maximum absolute atomic E-state index is 13.1. The summed E-state index contributed by atoms with van der Waals surface area (Å²) in [5, 5.41) is 4.62. The minimum absolute atomic E-state index is 0.131. The molecule has 2 fully saturated rings. The van der Waals surface area contributed by atoms with E-state index in [4.69, 9.17) is 11.6 Å². The van der Waals surface area contributed by atoms with Gasteiger partial charge in [-0.15, -0.1) is 0 Å². The fraction of sp³-hybridized carbons (Fsp3) is 0.471. The SMILES string of the molecule is O=C(CN1C(=O)NC2(CCCCC2)C1=O)Nc1ccc(Cl)cc1C(F)(F)F. The fourth-order valence-corrected chi connectivity index (χ4v) is 3.68. The van der Waals surface area contributed by atoms with Crippen LogP contribution in [0.1, 0.15) is 37.7 Å². The average Bonchev–Trinajstić information content (AvgIpc) is 2.80. The van der Waals surface area contributed by atoms with Gasteiger partial charge in [-0.3, -0.25) is 14.5 Å². The number of hydrogen-bond donors (Lipinski definition) is 2. The van der Waals surface area contributed by atoms with E-state index in [9.17, 15) is 27.6 Å². The first-order valence-corrected chi connectivity index (χ1v) is 8.81. The van der Waals surface area contributed by atoms with Crippen LogP contribution in [-0.2, 0) is 15.8 Å². The second-order valence-corrected chi connectivity index (χ2v) is 7.14. The molecule has 1 saturated carbocycles. The number of halogens is 4. The molecular weight excluding hydrogens is 387 g/mol. The molecule has 3 rings (SSSR count). The van der Waals surface area contributed by atoms with Crippen LogP contribution >= 0.6 is 11.6 Å². The summed E-state index contributed by atoms with van der Waals surface area (Å²) in [6.45, 7) is -0.660. The Morgan fingerprint density at radius 3 is 2.52 bits per heavy atom. The zero-order chi connectivity index (χ0) is 19.8. The largest absolute Gasteiger partial charge is 0.418 e. The monoisotopic (exact) mass is 403 g/mol. The van der Waals surface area contributed by atoms with Gasteiger partial charge in [0.05, 0.1) is 11.3 Å². The van der Waals surface area contributed by atoms with Crippen LogP contribution in [-0.4, -0.2) is 34.8 Å². The molecule has 1 aromatic carbocycles. The molecule has 1 aromatic rings. The van der Waals surface area contributed by atoms with Crippen molar-refractivity contribution in [2.75, 3.05) is 11.9 Å². The number of anilines is 1. The van der Waals surface area contributed by atoms with Crippen molar-refractivity contribution in [3.63, 3.8) is 0 Å². The molecule has 1 spiro atoms. The lowest BCUT2D eigenvalue weighted by atomic mass is 9.82. The first-order chi connectivity index (χ1) is 12.6. The van der Waals surface area contributed by atoms with E-state index in [0.29, 0.717) is 18.9 Å². The van der Waals surface area contributed by atoms with E-state index >= 15 is 0 Å². The van der Waals surface area contributed by atoms with Crippen molar-refractivity contribution in [1.82, 2.24) is 10.2 Å². The van der Waals surface area contributed by atoms with Crippen LogP contribution in [0.25, 0.3) is 0 Å². The molecule has 0 unspecified atom stereocenters. The number of nitrogens with zero attached hydrogens (tertiary/aromatic N) is 1. The summed E-state index contributed by atoms with van der Waals surface area (Å²) >= 11 is 5.60. The Morgan fingerprint density at radius 1 is 1.22 bits per heavy atom. The lowest BCUT2D eigenvalue weighted by Crippen LogP contribution is -2.48. The average molecular weight is 404 g/mol. The van der Waals surface area contributed by atoms with Crippen LogP contribution in [0, 0.1) is 0 Å². The zero-order valence-corrected chi connectivity index (χ0v) is 14.9. The Balaban J connectivity index is 1.73. The molecule has 0 aromatic heterocycles. The Kier molecular flexibility index (Phi) is 5.07. The Hall–Kier alpha value is -2.29. The van der Waals surface area contributed by atoms with Crippen LogP contribution < -0.4 is 10.6 Å². The van der Waals surface area contributed by atoms with Gasteiger partial charge in [0.1, 0.15) is 12.1 Å². The van der Waals surface area contributed by atoms with Gasteiger partial charge in [-0.25, -0.2) is 4.79 Å². The highest BCUT2D eigenvalue weighted by atomic mass is 35.5. The number of nitrogens with one attached hydrogen (secondary N) is 2. The summed E-state index contributed by atoms with van der Waals surface area (Å²) < 4.78 is 39.3. The highest BCUT2D eigenvalue weighted by Crippen LogP contribution is 2.37. The van der Waals surface area contributed by atoms with Crippen molar-refractivity contribution >= 4 is 35.1 Å². The molecule has 2 N–H and O–H groups in total. The second-order valence-electron chi connectivity index (χ2n) is 6.70. The third-order valence-electron chi connectivity index (χ3n) is 4.82. The summed E-state index contributed by atoms with van der Waals surface area (Å²) in [7, 11) is 0. The van der Waals surface area contributed by atoms with Crippen LogP contribution in [0.3, 0.4) is 0 Å². The number of carbonyl (C=O) groups excluding carboxylic acids is 3. The number of carbonyl (C=O) groups is 3. The molecule has 0 atom stereocenters. The number of amides is 4. The number of urea groups is 1. The van der Waals surface area contributed by atoms with Crippen molar-refractivity contribution in [2.24, 2.45) is 0 Å². The first kappa shape index (κ1) is 19.5. The summed E-state index contributed by atoms with van der Waals surface area (Å²) in [6.07, 6.45) is -1.21. The summed E-state index contributed by atoms with van der Waals surface area (Å²) in [4.78, 5) is 37.7. The van der Waals surface area contributed by atoms with Gasteiger partial charge in [-0.2, -0.15) is 13.2 Å². The highest BCUT2D eigenvalue weighted by molar-refractivity contribution is 6.30. The van der Waals surface area contributed by atoms with E-state index in [-0.39, 0.29) is 5.02 Å². The lowest BCUT2D eigenvalue weighted by Gasteiger charge is -2.30. The fourth-order valence-electron chi connectivity index (χ4n) is 3.51. The van der Waals surface area contributed by atoms with E-state index in [1.54, 1.807) is 0 Å². The molecule has 10 heteroatoms. The number of alkyl halides is 3. The summed E-state index contributed by atoms with van der Waals surface area (Å²) in [6, 6.07) is 2.22. The van der Waals surface area contributed by atoms with E-state index < -0.39 is 47.4 Å². The van der Waals surface area contributed by atoms with Gasteiger partial charge in [0, 0.05) is 5.02 Å². The van der Waals surface area contributed by atoms with E-state index in [1.807, 2.05) is 0 Å². The molecule has 4 amide bonds. The van der Waals surface area contributed by atoms with Gasteiger partial charge in [-0.1, -0.05) is 30.9 Å². The standard InChI is InChI=1S/C17H17ClF3N3O3/c18-10-4-5-12(11(8-10)17(19,20)21)22-13(25)9-24-14(26)16(23-15(24)27)6-2-1-3-7-16/h4-5,8H,1-3,6-7,9H2,(H,22,25)(H,23,27). The number of rotatable bonds is 3. The molecule has 1 heterocycles. The maximum atomic E-state index is 13.1. The van der Waals surface area contributed by atoms with Gasteiger partial charge < -0.3 is 10.6 Å². The van der Waals surface area contributed by atoms with Crippen molar-refractivity contribution < 1.29 is 27.6 Å². The van der Waals surface area contributed by atoms with Gasteiger partial charge in [0.15, 0.2) is 0 Å². The molecule has 27 heavy (non-hydrogen) atoms. The number of imide groups is 1. The van der Waals surface area contributed by atoms with Gasteiger partial charge in [0.2, 0.25) is 5.91 Å². The molecular formula is C17H17ClF3N3O3. The molecule has 6 nitrogen and oxygen atoms in total. The number of hydrogen-bond acceptors (Lipinski definition) is 3. The van der Waals surface area contributed by atoms with E-state index in [1.165, 1.54) is 6.07 Å². The van der Waals surface area contributed by atoms with Crippen molar-refractivity contribution in [3.05, 3.63) is 28.8 Å². The van der Waals surface area contributed by atoms with Gasteiger partial charge in [0.25, 0.3) is 5.91 Å². The van der Waals surface area contributed by atoms with Gasteiger partial charge >= 0.3 is 12.2 Å². The predicted molar refractivity (Wildman–Crippen MR) is 91.1 cm³/mol. The van der Waals surface area contributed by atoms with Crippen molar-refractivity contribution in [1.29, 1.82) is 0 Å². The summed E-state index contributed by atoms with van der Waals surface area (Å²) in [5.41, 5.74) is -2.59. The van der Waals surface area contributed by atoms with E-state index in [2.05, 4.69) is 10.6 Å². The van der Waals surface area contributed by atoms with Crippen LogP contribution in [0.5, 0.6) is 0 Å². The summed E-state index contributed by atoms with van der Waals surface area (Å²) in [5.74, 6) is -1.41. The first-order valence-electron chi connectivity index (χ1n) is 8.43. The minimum atomic E-state index is -4.72. The third kappa shape index (κ3) is 3.87. The van der Waals surface area contributed by atoms with Crippen LogP contribution in [0.4, 0.5) is 23.7 Å². The molecule has 1 saturated heterocycles. The van der Waals surface area contributed by atoms with Gasteiger partial charge in [-0.05, 0) is 31.0 Å². The number of benzene rings is 1. The topological polar surface area (TPSA) is 78.5 Å². The minimum Gasteiger partial charge on any atom is -0.324 e. The molecule has 0 radical (unpaired) electrons. The molecule has 146 valence electrons. The molecule has 0 bridgehead atoms. The third-order valence-corrected chi connectivity index (χ3v) is 5.05. The van der Waals surface area contributed by atoms with Crippen LogP contribution in [0.15, 0.2) is 18.2 Å². The Labute approximate surface area is 158 Å². The van der Waals surface area contributed by atoms with E-state index in [0.717, 1.165) is 30.2 Å². The smallest absolute Gasteiger partial charge is 0.324 e. The quantitative estimate of drug-likeness (QED) is 0.757. The Bertz CT molecular complexity index is 791. The normalized spacial score (nSPS) is 19.3. The maximum Gasteiger partial charge on any atom is 0.418 e. The van der Waals surface area contributed by atoms with Crippen LogP contribution in [0.2, 0.25) is 5.02 Å². The molecule has 2 aliphatic rings. The second kappa shape index (κ2) is 7.03. The predicted octanol–water partition coefficient (Wildman–Crippen LogP) is 3.55. The molecule has 1 aliphatic heterocycles.